The van der Waals surface area contributed by atoms with Gasteiger partial charge in [-0.1, -0.05) is 181 Å². The van der Waals surface area contributed by atoms with Gasteiger partial charge >= 0.3 is 8.56 Å². The fourth-order valence-electron chi connectivity index (χ4n) is 9.55. The minimum atomic E-state index is -2.86. The summed E-state index contributed by atoms with van der Waals surface area (Å²) in [6.45, 7) is 33.1. The molecule has 0 aromatic heterocycles. The summed E-state index contributed by atoms with van der Waals surface area (Å²) in [4.78, 5) is 0. The summed E-state index contributed by atoms with van der Waals surface area (Å²) in [7, 11) is -3.06. The molecule has 0 unspecified atom stereocenters. The van der Waals surface area contributed by atoms with Crippen LogP contribution in [-0.2, 0) is 43.6 Å². The average molecular weight is 946 g/mol. The van der Waals surface area contributed by atoms with E-state index in [4.69, 9.17) is 37.0 Å². The number of benzene rings is 1. The van der Waals surface area contributed by atoms with Crippen molar-refractivity contribution in [3.05, 3.63) is 61.2 Å². The van der Waals surface area contributed by atoms with Crippen molar-refractivity contribution >= 4 is 16.9 Å². The largest absolute Gasteiger partial charge is 0.412 e. The highest BCUT2D eigenvalue weighted by molar-refractivity contribution is 6.74. The molecule has 3 rings (SSSR count). The van der Waals surface area contributed by atoms with E-state index in [1.165, 1.54) is 76.2 Å². The van der Waals surface area contributed by atoms with Crippen LogP contribution in [0.2, 0.25) is 29.2 Å². The lowest BCUT2D eigenvalue weighted by atomic mass is 10.0. The van der Waals surface area contributed by atoms with Crippen molar-refractivity contribution in [2.75, 3.05) is 20.5 Å². The summed E-state index contributed by atoms with van der Waals surface area (Å²) in [6.07, 6.45) is 27.1. The maximum Gasteiger partial charge on any atom is 0.344 e. The molecular weight excluding hydrogens is 845 g/mol. The van der Waals surface area contributed by atoms with Crippen molar-refractivity contribution in [3.63, 3.8) is 0 Å². The summed E-state index contributed by atoms with van der Waals surface area (Å²) in [5.74, 6) is 0. The van der Waals surface area contributed by atoms with Crippen LogP contribution in [0.1, 0.15) is 189 Å². The van der Waals surface area contributed by atoms with Gasteiger partial charge in [-0.2, -0.15) is 0 Å². The fraction of sp³-hybridized carbons (Fsp3) is 0.818. The molecule has 2 aliphatic rings. The summed E-state index contributed by atoms with van der Waals surface area (Å²) in [5.41, 5.74) is 1.62. The summed E-state index contributed by atoms with van der Waals surface area (Å²) < 4.78 is 52.8. The minimum Gasteiger partial charge on any atom is -0.412 e. The van der Waals surface area contributed by atoms with Crippen LogP contribution in [0.3, 0.4) is 0 Å². The highest BCUT2D eigenvalue weighted by atomic mass is 28.4. The van der Waals surface area contributed by atoms with E-state index in [1.807, 2.05) is 12.2 Å². The molecule has 1 aromatic rings. The first-order valence-corrected chi connectivity index (χ1v) is 31.3. The van der Waals surface area contributed by atoms with Crippen molar-refractivity contribution in [3.8, 4) is 0 Å². The molecule has 0 N–H and O–H groups in total. The van der Waals surface area contributed by atoms with Crippen molar-refractivity contribution in [2.45, 2.75) is 268 Å². The van der Waals surface area contributed by atoms with Crippen molar-refractivity contribution in [2.24, 2.45) is 0 Å². The van der Waals surface area contributed by atoms with Gasteiger partial charge in [0, 0.05) is 7.11 Å². The maximum atomic E-state index is 7.27. The SMILES string of the molecule is C=C[C@H](O[Si](O[C@@H](C=C)[C@@H]1CC[C@H]([C@H](CCCCCCCCCC)OCOC)O1)(C(C)C)C(C)C)[C@@H]1CC[C@H](CCCCCCC[C@H](COCc2ccccc2)O[Si](C)(C)C(C)(C)C)O1. The molecule has 0 amide bonds. The molecule has 1 aromatic carbocycles. The number of unbranched alkanes of at least 4 members (excludes halogenated alkanes) is 11. The van der Waals surface area contributed by atoms with Gasteiger partial charge in [0.05, 0.1) is 62.0 Å². The zero-order chi connectivity index (χ0) is 47.7. The molecule has 2 fully saturated rings. The standard InChI is InChI=1S/C55H100O8Si2/c1-14-17-18-19-20-21-25-31-36-51(58-43-56-11)54-40-39-53(60-54)50(16-3)63-65(44(4)5,45(6)7)62-49(15-2)52-38-37-47(59-52)34-29-23-22-24-30-35-48(61-64(12,13)55(8,9)10)42-57-41-46-32-27-26-28-33-46/h15-16,26-28,32-33,44-45,47-54H,2-3,14,17-25,29-31,34-43H2,1,4-13H3/t47-,48+,49-,50-,51-,52-,53-,54+/m0/s1. The average Bonchev–Trinajstić information content (AvgIpc) is 3.96. The molecule has 0 saturated carbocycles. The van der Waals surface area contributed by atoms with Crippen LogP contribution in [0.5, 0.6) is 0 Å². The highest BCUT2D eigenvalue weighted by Crippen LogP contribution is 2.42. The number of ether oxygens (including phenoxy) is 5. The Bertz CT molecular complexity index is 1380. The maximum absolute atomic E-state index is 7.27. The topological polar surface area (TPSA) is 73.8 Å². The molecule has 0 spiro atoms. The molecule has 8 atom stereocenters. The molecule has 10 heteroatoms. The first-order valence-electron chi connectivity index (χ1n) is 26.4. The molecule has 2 saturated heterocycles. The van der Waals surface area contributed by atoms with Crippen LogP contribution in [0.15, 0.2) is 55.6 Å². The molecular formula is C55H100O8Si2. The second kappa shape index (κ2) is 31.1. The van der Waals surface area contributed by atoms with E-state index in [0.717, 1.165) is 57.8 Å². The van der Waals surface area contributed by atoms with E-state index in [0.29, 0.717) is 13.2 Å². The molecule has 0 bridgehead atoms. The van der Waals surface area contributed by atoms with Gasteiger partial charge in [0.15, 0.2) is 8.32 Å². The predicted octanol–water partition coefficient (Wildman–Crippen LogP) is 15.3. The lowest BCUT2D eigenvalue weighted by Gasteiger charge is -2.43. The van der Waals surface area contributed by atoms with Gasteiger partial charge in [-0.25, -0.2) is 0 Å². The second-order valence-corrected chi connectivity index (χ2v) is 30.5. The number of hydrogen-bond donors (Lipinski definition) is 0. The van der Waals surface area contributed by atoms with Gasteiger partial charge in [0.2, 0.25) is 0 Å². The molecule has 8 nitrogen and oxygen atoms in total. The number of hydrogen-bond acceptors (Lipinski definition) is 8. The third kappa shape index (κ3) is 20.4. The van der Waals surface area contributed by atoms with Crippen molar-refractivity contribution in [1.82, 2.24) is 0 Å². The highest BCUT2D eigenvalue weighted by Gasteiger charge is 2.51. The van der Waals surface area contributed by atoms with E-state index < -0.39 is 16.9 Å². The Morgan fingerprint density at radius 1 is 0.692 bits per heavy atom. The zero-order valence-electron chi connectivity index (χ0n) is 43.8. The predicted molar refractivity (Wildman–Crippen MR) is 276 cm³/mol. The fourth-order valence-corrected chi connectivity index (χ4v) is 14.7. The van der Waals surface area contributed by atoms with Gasteiger partial charge in [0.25, 0.3) is 0 Å². The Kier molecular flexibility index (Phi) is 27.8. The third-order valence-electron chi connectivity index (χ3n) is 14.6. The molecule has 65 heavy (non-hydrogen) atoms. The van der Waals surface area contributed by atoms with Crippen LogP contribution in [0.25, 0.3) is 0 Å². The molecule has 0 radical (unpaired) electrons. The monoisotopic (exact) mass is 945 g/mol. The number of rotatable bonds is 37. The quantitative estimate of drug-likeness (QED) is 0.0283. The minimum absolute atomic E-state index is 0.0119. The van der Waals surface area contributed by atoms with E-state index in [9.17, 15) is 0 Å². The Morgan fingerprint density at radius 2 is 1.23 bits per heavy atom. The van der Waals surface area contributed by atoms with E-state index in [1.54, 1.807) is 7.11 Å². The van der Waals surface area contributed by atoms with E-state index >= 15 is 0 Å². The van der Waals surface area contributed by atoms with Crippen LogP contribution in [0.4, 0.5) is 0 Å². The Hall–Kier alpha value is -1.19. The number of methoxy groups -OCH3 is 1. The lowest BCUT2D eigenvalue weighted by Crippen LogP contribution is -2.55. The van der Waals surface area contributed by atoms with Gasteiger partial charge in [-0.05, 0) is 79.7 Å². The van der Waals surface area contributed by atoms with Crippen LogP contribution in [0, 0.1) is 0 Å². The van der Waals surface area contributed by atoms with E-state index in [2.05, 4.69) is 112 Å². The van der Waals surface area contributed by atoms with Gasteiger partial charge < -0.3 is 37.0 Å². The Labute approximate surface area is 402 Å². The zero-order valence-corrected chi connectivity index (χ0v) is 45.8. The van der Waals surface area contributed by atoms with Crippen molar-refractivity contribution in [1.29, 1.82) is 0 Å². The normalized spacial score (nSPS) is 21.6. The Morgan fingerprint density at radius 3 is 1.80 bits per heavy atom. The summed E-state index contributed by atoms with van der Waals surface area (Å²) >= 11 is 0. The summed E-state index contributed by atoms with van der Waals surface area (Å²) in [5, 5.41) is 0.173. The molecule has 0 aliphatic carbocycles. The van der Waals surface area contributed by atoms with Gasteiger partial charge in [-0.15, -0.1) is 13.2 Å². The Balaban J connectivity index is 1.48. The second-order valence-electron chi connectivity index (χ2n) is 21.6. The van der Waals surface area contributed by atoms with Gasteiger partial charge in [-0.3, -0.25) is 0 Å². The smallest absolute Gasteiger partial charge is 0.344 e. The van der Waals surface area contributed by atoms with Gasteiger partial charge in [0.1, 0.15) is 6.79 Å². The first-order chi connectivity index (χ1) is 31.1. The lowest BCUT2D eigenvalue weighted by molar-refractivity contribution is -0.135. The molecule has 376 valence electrons. The van der Waals surface area contributed by atoms with Crippen LogP contribution in [-0.4, -0.2) is 86.2 Å². The molecule has 2 aliphatic heterocycles. The summed E-state index contributed by atoms with van der Waals surface area (Å²) in [6, 6.07) is 10.5. The van der Waals surface area contributed by atoms with Crippen molar-refractivity contribution < 1.29 is 37.0 Å². The van der Waals surface area contributed by atoms with E-state index in [-0.39, 0.29) is 71.7 Å². The molecule has 2 heterocycles. The first kappa shape index (κ1) is 58.1. The van der Waals surface area contributed by atoms with Crippen LogP contribution < -0.4 is 0 Å². The third-order valence-corrected chi connectivity index (χ3v) is 23.6. The van der Waals surface area contributed by atoms with Crippen LogP contribution >= 0.6 is 0 Å².